The van der Waals surface area contributed by atoms with Crippen molar-refractivity contribution in [2.45, 2.75) is 13.8 Å². The third kappa shape index (κ3) is 4.55. The van der Waals surface area contributed by atoms with E-state index in [1.165, 1.54) is 7.11 Å². The molecule has 0 amide bonds. The fourth-order valence-electron chi connectivity index (χ4n) is 0.552. The van der Waals surface area contributed by atoms with E-state index in [1.807, 2.05) is 19.9 Å². The van der Waals surface area contributed by atoms with Gasteiger partial charge in [-0.1, -0.05) is 5.57 Å². The average molecular weight is 169 g/mol. The smallest absolute Gasteiger partial charge is 0.216 e. The second kappa shape index (κ2) is 5.41. The molecule has 12 heavy (non-hydrogen) atoms. The van der Waals surface area contributed by atoms with E-state index in [-0.39, 0.29) is 0 Å². The third-order valence-electron chi connectivity index (χ3n) is 1.09. The summed E-state index contributed by atoms with van der Waals surface area (Å²) < 4.78 is 9.74. The molecule has 0 heterocycles. The van der Waals surface area contributed by atoms with Crippen molar-refractivity contribution in [2.24, 2.45) is 4.99 Å². The molecule has 0 atom stereocenters. The van der Waals surface area contributed by atoms with E-state index in [0.29, 0.717) is 11.8 Å². The summed E-state index contributed by atoms with van der Waals surface area (Å²) in [5, 5.41) is 0. The van der Waals surface area contributed by atoms with Gasteiger partial charge in [-0.2, -0.15) is 4.99 Å². The molecule has 0 N–H and O–H groups in total. The van der Waals surface area contributed by atoms with Crippen LogP contribution in [0.1, 0.15) is 13.8 Å². The lowest BCUT2D eigenvalue weighted by atomic mass is 10.3. The monoisotopic (exact) mass is 169 g/mol. The lowest BCUT2D eigenvalue weighted by molar-refractivity contribution is 0.286. The molecule has 0 aliphatic carbocycles. The number of rotatable bonds is 3. The second-order valence-corrected chi connectivity index (χ2v) is 2.47. The van der Waals surface area contributed by atoms with Gasteiger partial charge in [0.25, 0.3) is 0 Å². The normalized spacial score (nSPS) is 10.5. The lowest BCUT2D eigenvalue weighted by Crippen LogP contribution is -1.98. The predicted octanol–water partition coefficient (Wildman–Crippen LogP) is 2.12. The summed E-state index contributed by atoms with van der Waals surface area (Å²) in [5.74, 6) is 0.839. The number of methoxy groups -OCH3 is 2. The summed E-state index contributed by atoms with van der Waals surface area (Å²) in [7, 11) is 3.07. The van der Waals surface area contributed by atoms with E-state index in [2.05, 4.69) is 11.6 Å². The molecule has 0 aromatic rings. The summed E-state index contributed by atoms with van der Waals surface area (Å²) in [4.78, 5) is 3.96. The molecule has 0 aliphatic rings. The molecular weight excluding hydrogens is 154 g/mol. The first kappa shape index (κ1) is 10.8. The van der Waals surface area contributed by atoms with Crippen molar-refractivity contribution in [2.75, 3.05) is 14.2 Å². The zero-order valence-electron chi connectivity index (χ0n) is 8.05. The SMILES string of the molecule is C=C(N=C(C=C(C)C)OC)OC. The molecule has 0 bridgehead atoms. The van der Waals surface area contributed by atoms with E-state index in [9.17, 15) is 0 Å². The lowest BCUT2D eigenvalue weighted by Gasteiger charge is -2.01. The topological polar surface area (TPSA) is 30.8 Å². The van der Waals surface area contributed by atoms with Crippen LogP contribution in [0.4, 0.5) is 0 Å². The molecule has 0 rings (SSSR count). The molecule has 0 saturated carbocycles. The Labute approximate surface area is 73.4 Å². The number of ether oxygens (including phenoxy) is 2. The maximum absolute atomic E-state index is 4.97. The number of hydrogen-bond donors (Lipinski definition) is 0. The van der Waals surface area contributed by atoms with Crippen molar-refractivity contribution in [3.63, 3.8) is 0 Å². The standard InChI is InChI=1S/C9H15NO2/c1-7(2)6-9(12-5)10-8(3)11-4/h6H,3H2,1-2,4-5H3. The van der Waals surface area contributed by atoms with Gasteiger partial charge >= 0.3 is 0 Å². The molecule has 0 unspecified atom stereocenters. The Hall–Kier alpha value is -1.25. The van der Waals surface area contributed by atoms with Gasteiger partial charge in [0.05, 0.1) is 14.2 Å². The summed E-state index contributed by atoms with van der Waals surface area (Å²) in [6, 6.07) is 0. The van der Waals surface area contributed by atoms with Crippen LogP contribution in [0.15, 0.2) is 29.1 Å². The van der Waals surface area contributed by atoms with E-state index >= 15 is 0 Å². The van der Waals surface area contributed by atoms with E-state index in [0.717, 1.165) is 5.57 Å². The van der Waals surface area contributed by atoms with E-state index in [4.69, 9.17) is 9.47 Å². The van der Waals surface area contributed by atoms with Crippen molar-refractivity contribution < 1.29 is 9.47 Å². The molecule has 0 radical (unpaired) electrons. The van der Waals surface area contributed by atoms with Crippen LogP contribution in [-0.2, 0) is 9.47 Å². The largest absolute Gasteiger partial charge is 0.481 e. The highest BCUT2D eigenvalue weighted by molar-refractivity contribution is 5.88. The van der Waals surface area contributed by atoms with Crippen molar-refractivity contribution in [3.05, 3.63) is 24.1 Å². The molecule has 0 fully saturated rings. The molecule has 0 aromatic heterocycles. The molecule has 3 nitrogen and oxygen atoms in total. The average Bonchev–Trinajstić information content (AvgIpc) is 2.02. The first-order valence-electron chi connectivity index (χ1n) is 3.60. The Morgan fingerprint density at radius 2 is 1.83 bits per heavy atom. The highest BCUT2D eigenvalue weighted by Gasteiger charge is 1.94. The van der Waals surface area contributed by atoms with Gasteiger partial charge in [-0.25, -0.2) is 0 Å². The quantitative estimate of drug-likeness (QED) is 0.368. The summed E-state index contributed by atoms with van der Waals surface area (Å²) in [6.07, 6.45) is 1.81. The fourth-order valence-corrected chi connectivity index (χ4v) is 0.552. The number of nitrogens with zero attached hydrogens (tertiary/aromatic N) is 1. The van der Waals surface area contributed by atoms with Crippen LogP contribution in [0, 0.1) is 0 Å². The van der Waals surface area contributed by atoms with Gasteiger partial charge < -0.3 is 9.47 Å². The second-order valence-electron chi connectivity index (χ2n) is 2.47. The van der Waals surface area contributed by atoms with Crippen LogP contribution in [0.2, 0.25) is 0 Å². The Morgan fingerprint density at radius 3 is 2.17 bits per heavy atom. The molecule has 0 aliphatic heterocycles. The zero-order chi connectivity index (χ0) is 9.56. The first-order valence-corrected chi connectivity index (χ1v) is 3.60. The Morgan fingerprint density at radius 1 is 1.25 bits per heavy atom. The van der Waals surface area contributed by atoms with Gasteiger partial charge in [0.15, 0.2) is 0 Å². The van der Waals surface area contributed by atoms with E-state index in [1.54, 1.807) is 7.11 Å². The summed E-state index contributed by atoms with van der Waals surface area (Å²) >= 11 is 0. The van der Waals surface area contributed by atoms with Gasteiger partial charge in [-0.3, -0.25) is 0 Å². The van der Waals surface area contributed by atoms with Crippen LogP contribution in [0.3, 0.4) is 0 Å². The minimum atomic E-state index is 0.337. The maximum Gasteiger partial charge on any atom is 0.216 e. The van der Waals surface area contributed by atoms with Gasteiger partial charge in [0, 0.05) is 0 Å². The number of hydrogen-bond acceptors (Lipinski definition) is 3. The Bertz CT molecular complexity index is 213. The number of allylic oxidation sites excluding steroid dienone is 1. The highest BCUT2D eigenvalue weighted by Crippen LogP contribution is 1.98. The summed E-state index contributed by atoms with van der Waals surface area (Å²) in [5.41, 5.74) is 1.11. The van der Waals surface area contributed by atoms with Crippen LogP contribution in [-0.4, -0.2) is 20.1 Å². The highest BCUT2D eigenvalue weighted by atomic mass is 16.5. The van der Waals surface area contributed by atoms with Crippen molar-refractivity contribution in [1.29, 1.82) is 0 Å². The maximum atomic E-state index is 4.97. The minimum Gasteiger partial charge on any atom is -0.481 e. The predicted molar refractivity (Wildman–Crippen MR) is 50.0 cm³/mol. The van der Waals surface area contributed by atoms with Crippen LogP contribution < -0.4 is 0 Å². The van der Waals surface area contributed by atoms with Gasteiger partial charge in [0.2, 0.25) is 11.8 Å². The first-order chi connectivity index (χ1) is 5.60. The van der Waals surface area contributed by atoms with Gasteiger partial charge in [0.1, 0.15) is 0 Å². The fraction of sp³-hybridized carbons (Fsp3) is 0.444. The molecule has 0 aromatic carbocycles. The van der Waals surface area contributed by atoms with Crippen molar-refractivity contribution >= 4 is 5.90 Å². The molecular formula is C9H15NO2. The minimum absolute atomic E-state index is 0.337. The van der Waals surface area contributed by atoms with Crippen LogP contribution in [0.25, 0.3) is 0 Å². The number of aliphatic imine (C=N–C) groups is 1. The van der Waals surface area contributed by atoms with E-state index < -0.39 is 0 Å². The molecule has 68 valence electrons. The Kier molecular flexibility index (Phi) is 4.84. The molecule has 3 heteroatoms. The third-order valence-corrected chi connectivity index (χ3v) is 1.09. The summed E-state index contributed by atoms with van der Waals surface area (Å²) in [6.45, 7) is 7.47. The van der Waals surface area contributed by atoms with Gasteiger partial charge in [-0.05, 0) is 26.5 Å². The van der Waals surface area contributed by atoms with Crippen LogP contribution >= 0.6 is 0 Å². The Balaban J connectivity index is 4.44. The van der Waals surface area contributed by atoms with Crippen LogP contribution in [0.5, 0.6) is 0 Å². The van der Waals surface area contributed by atoms with Crippen molar-refractivity contribution in [1.82, 2.24) is 0 Å². The molecule has 0 saturated heterocycles. The zero-order valence-corrected chi connectivity index (χ0v) is 8.05. The van der Waals surface area contributed by atoms with Gasteiger partial charge in [-0.15, -0.1) is 0 Å². The molecule has 0 spiro atoms. The van der Waals surface area contributed by atoms with Crippen molar-refractivity contribution in [3.8, 4) is 0 Å².